The first-order valence-electron chi connectivity index (χ1n) is 7.88. The molecule has 1 amide bonds. The molecule has 0 radical (unpaired) electrons. The molecule has 0 atom stereocenters. The molecule has 0 heterocycles. The smallest absolute Gasteiger partial charge is 0.257 e. The van der Waals surface area contributed by atoms with Gasteiger partial charge in [0.15, 0.2) is 0 Å². The van der Waals surface area contributed by atoms with Gasteiger partial charge in [-0.25, -0.2) is 13.6 Å². The van der Waals surface area contributed by atoms with Gasteiger partial charge >= 0.3 is 0 Å². The fourth-order valence-electron chi connectivity index (χ4n) is 2.55. The predicted octanol–water partition coefficient (Wildman–Crippen LogP) is 1.63. The van der Waals surface area contributed by atoms with Crippen LogP contribution < -0.4 is 19.3 Å². The fraction of sp³-hybridized carbons (Fsp3) is 0.278. The van der Waals surface area contributed by atoms with Crippen molar-refractivity contribution in [3.8, 4) is 17.2 Å². The standard InChI is InChI=1S/C18H22N2O6S/c1-20(11-12-5-6-13(24-2)9-17(12)26-4)18(21)15-10-14(27(19,22)23)7-8-16(15)25-3/h5-10H,11H2,1-4H3,(H2,19,22,23). The summed E-state index contributed by atoms with van der Waals surface area (Å²) in [6.45, 7) is 0.231. The van der Waals surface area contributed by atoms with Crippen LogP contribution in [0.1, 0.15) is 15.9 Å². The van der Waals surface area contributed by atoms with Gasteiger partial charge in [0.25, 0.3) is 5.91 Å². The molecule has 146 valence electrons. The van der Waals surface area contributed by atoms with E-state index >= 15 is 0 Å². The summed E-state index contributed by atoms with van der Waals surface area (Å²) < 4.78 is 38.9. The van der Waals surface area contributed by atoms with Crippen molar-refractivity contribution in [2.45, 2.75) is 11.4 Å². The predicted molar refractivity (Wildman–Crippen MR) is 99.7 cm³/mol. The summed E-state index contributed by atoms with van der Waals surface area (Å²) in [4.78, 5) is 14.1. The second-order valence-electron chi connectivity index (χ2n) is 5.75. The Morgan fingerprint density at radius 3 is 2.22 bits per heavy atom. The Bertz CT molecular complexity index is 943. The Morgan fingerprint density at radius 2 is 1.67 bits per heavy atom. The molecule has 2 N–H and O–H groups in total. The number of ether oxygens (including phenoxy) is 3. The van der Waals surface area contributed by atoms with Gasteiger partial charge in [0.2, 0.25) is 10.0 Å². The molecule has 2 aromatic carbocycles. The molecule has 27 heavy (non-hydrogen) atoms. The number of sulfonamides is 1. The molecule has 2 rings (SSSR count). The monoisotopic (exact) mass is 394 g/mol. The molecule has 0 fully saturated rings. The van der Waals surface area contributed by atoms with Gasteiger partial charge in [-0.3, -0.25) is 4.79 Å². The van der Waals surface area contributed by atoms with Gasteiger partial charge in [-0.15, -0.1) is 0 Å². The highest BCUT2D eigenvalue weighted by Gasteiger charge is 2.21. The summed E-state index contributed by atoms with van der Waals surface area (Å²) in [7, 11) is 2.12. The number of carbonyl (C=O) groups is 1. The van der Waals surface area contributed by atoms with E-state index in [0.29, 0.717) is 11.5 Å². The van der Waals surface area contributed by atoms with E-state index in [-0.39, 0.29) is 22.8 Å². The average molecular weight is 394 g/mol. The van der Waals surface area contributed by atoms with Crippen molar-refractivity contribution in [2.24, 2.45) is 5.14 Å². The van der Waals surface area contributed by atoms with Gasteiger partial charge in [0, 0.05) is 25.2 Å². The number of benzene rings is 2. The zero-order valence-electron chi connectivity index (χ0n) is 15.6. The normalized spacial score (nSPS) is 11.0. The third kappa shape index (κ3) is 4.69. The Kier molecular flexibility index (Phi) is 6.29. The first-order valence-corrected chi connectivity index (χ1v) is 9.43. The molecule has 0 aliphatic rings. The Labute approximate surface area is 158 Å². The van der Waals surface area contributed by atoms with Crippen LogP contribution in [0.5, 0.6) is 17.2 Å². The van der Waals surface area contributed by atoms with Crippen LogP contribution in [-0.2, 0) is 16.6 Å². The number of hydrogen-bond acceptors (Lipinski definition) is 6. The van der Waals surface area contributed by atoms with Gasteiger partial charge in [0.1, 0.15) is 17.2 Å². The van der Waals surface area contributed by atoms with Crippen molar-refractivity contribution in [2.75, 3.05) is 28.4 Å². The van der Waals surface area contributed by atoms with Crippen molar-refractivity contribution in [1.82, 2.24) is 4.90 Å². The summed E-state index contributed by atoms with van der Waals surface area (Å²) in [5.41, 5.74) is 0.856. The molecule has 2 aromatic rings. The van der Waals surface area contributed by atoms with E-state index in [1.807, 2.05) is 0 Å². The summed E-state index contributed by atoms with van der Waals surface area (Å²) in [5.74, 6) is 1.03. The lowest BCUT2D eigenvalue weighted by molar-refractivity contribution is 0.0780. The van der Waals surface area contributed by atoms with Crippen LogP contribution >= 0.6 is 0 Å². The highest BCUT2D eigenvalue weighted by molar-refractivity contribution is 7.89. The number of rotatable bonds is 7. The summed E-state index contributed by atoms with van der Waals surface area (Å²) in [6, 6.07) is 9.16. The molecule has 0 saturated carbocycles. The Hall–Kier alpha value is -2.78. The summed E-state index contributed by atoms with van der Waals surface area (Å²) in [5, 5.41) is 5.16. The number of methoxy groups -OCH3 is 3. The van der Waals surface area contributed by atoms with Crippen LogP contribution in [0.4, 0.5) is 0 Å². The summed E-state index contributed by atoms with van der Waals surface area (Å²) in [6.07, 6.45) is 0. The minimum absolute atomic E-state index is 0.0963. The molecule has 8 nitrogen and oxygen atoms in total. The van der Waals surface area contributed by atoms with Gasteiger partial charge in [0.05, 0.1) is 31.8 Å². The number of nitrogens with two attached hydrogens (primary N) is 1. The maximum absolute atomic E-state index is 12.9. The lowest BCUT2D eigenvalue weighted by Gasteiger charge is -2.20. The number of primary sulfonamides is 1. The number of hydrogen-bond donors (Lipinski definition) is 1. The fourth-order valence-corrected chi connectivity index (χ4v) is 3.09. The van der Waals surface area contributed by atoms with Crippen LogP contribution in [0, 0.1) is 0 Å². The largest absolute Gasteiger partial charge is 0.497 e. The first kappa shape index (κ1) is 20.5. The van der Waals surface area contributed by atoms with E-state index in [2.05, 4.69) is 0 Å². The highest BCUT2D eigenvalue weighted by atomic mass is 32.2. The first-order chi connectivity index (χ1) is 12.7. The van der Waals surface area contributed by atoms with Crippen molar-refractivity contribution in [3.05, 3.63) is 47.5 Å². The van der Waals surface area contributed by atoms with Gasteiger partial charge in [-0.05, 0) is 30.3 Å². The maximum Gasteiger partial charge on any atom is 0.257 e. The van der Waals surface area contributed by atoms with E-state index in [4.69, 9.17) is 19.3 Å². The molecule has 0 spiro atoms. The molecule has 9 heteroatoms. The highest BCUT2D eigenvalue weighted by Crippen LogP contribution is 2.27. The van der Waals surface area contributed by atoms with E-state index in [0.717, 1.165) is 5.56 Å². The molecule has 0 aliphatic carbocycles. The second kappa shape index (κ2) is 8.28. The van der Waals surface area contributed by atoms with E-state index in [1.165, 1.54) is 37.3 Å². The van der Waals surface area contributed by atoms with Crippen LogP contribution in [0.3, 0.4) is 0 Å². The molecule has 0 bridgehead atoms. The minimum atomic E-state index is -3.95. The van der Waals surface area contributed by atoms with Crippen molar-refractivity contribution in [1.29, 1.82) is 0 Å². The minimum Gasteiger partial charge on any atom is -0.497 e. The van der Waals surface area contributed by atoms with Gasteiger partial charge in [-0.2, -0.15) is 0 Å². The van der Waals surface area contributed by atoms with E-state index < -0.39 is 15.9 Å². The van der Waals surface area contributed by atoms with Crippen LogP contribution in [-0.4, -0.2) is 47.6 Å². The molecule has 0 unspecified atom stereocenters. The quantitative estimate of drug-likeness (QED) is 0.765. The molecule has 0 saturated heterocycles. The van der Waals surface area contributed by atoms with Gasteiger partial charge in [-0.1, -0.05) is 0 Å². The summed E-state index contributed by atoms with van der Waals surface area (Å²) >= 11 is 0. The molecule has 0 aliphatic heterocycles. The average Bonchev–Trinajstić information content (AvgIpc) is 2.66. The third-order valence-electron chi connectivity index (χ3n) is 3.98. The number of amides is 1. The second-order valence-corrected chi connectivity index (χ2v) is 7.31. The molecular formula is C18H22N2O6S. The van der Waals surface area contributed by atoms with Gasteiger partial charge < -0.3 is 19.1 Å². The van der Waals surface area contributed by atoms with Crippen molar-refractivity contribution >= 4 is 15.9 Å². The topological polar surface area (TPSA) is 108 Å². The lowest BCUT2D eigenvalue weighted by atomic mass is 10.1. The molecular weight excluding hydrogens is 372 g/mol. The third-order valence-corrected chi connectivity index (χ3v) is 4.89. The van der Waals surface area contributed by atoms with Crippen molar-refractivity contribution in [3.63, 3.8) is 0 Å². The number of nitrogens with zero attached hydrogens (tertiary/aromatic N) is 1. The zero-order chi connectivity index (χ0) is 20.2. The number of carbonyl (C=O) groups excluding carboxylic acids is 1. The lowest BCUT2D eigenvalue weighted by Crippen LogP contribution is -2.27. The van der Waals surface area contributed by atoms with E-state index in [1.54, 1.807) is 32.4 Å². The van der Waals surface area contributed by atoms with Crippen LogP contribution in [0.15, 0.2) is 41.3 Å². The zero-order valence-corrected chi connectivity index (χ0v) is 16.4. The Balaban J connectivity index is 2.35. The molecule has 0 aromatic heterocycles. The van der Waals surface area contributed by atoms with E-state index in [9.17, 15) is 13.2 Å². The SMILES string of the molecule is COc1ccc(CN(C)C(=O)c2cc(S(N)(=O)=O)ccc2OC)c(OC)c1. The van der Waals surface area contributed by atoms with Crippen LogP contribution in [0.25, 0.3) is 0 Å². The van der Waals surface area contributed by atoms with Crippen LogP contribution in [0.2, 0.25) is 0 Å². The maximum atomic E-state index is 12.9. The Morgan fingerprint density at radius 1 is 1.00 bits per heavy atom. The van der Waals surface area contributed by atoms with Crippen molar-refractivity contribution < 1.29 is 27.4 Å².